The summed E-state index contributed by atoms with van der Waals surface area (Å²) in [5.41, 5.74) is 2.45. The minimum atomic E-state index is 0.470. The van der Waals surface area contributed by atoms with E-state index in [0.717, 1.165) is 30.2 Å². The highest BCUT2D eigenvalue weighted by Gasteiger charge is 2.11. The number of furan rings is 1. The van der Waals surface area contributed by atoms with Crippen LogP contribution in [0.5, 0.6) is 5.75 Å². The molecule has 0 aliphatic carbocycles. The second-order valence-corrected chi connectivity index (χ2v) is 5.46. The van der Waals surface area contributed by atoms with Gasteiger partial charge in [0.2, 0.25) is 0 Å². The van der Waals surface area contributed by atoms with E-state index >= 15 is 0 Å². The van der Waals surface area contributed by atoms with Crippen LogP contribution < -0.4 is 10.1 Å². The largest absolute Gasteiger partial charge is 0.485 e. The molecule has 0 radical (unpaired) electrons. The Bertz CT molecular complexity index is 574. The summed E-state index contributed by atoms with van der Waals surface area (Å²) in [6, 6.07) is 10.3. The van der Waals surface area contributed by atoms with Gasteiger partial charge in [0.1, 0.15) is 23.9 Å². The first kappa shape index (κ1) is 15.6. The maximum Gasteiger partial charge on any atom is 0.146 e. The average Bonchev–Trinajstić information content (AvgIpc) is 2.85. The number of nitrogens with one attached hydrogen (secondary N) is 1. The number of hydrogen-bond donors (Lipinski definition) is 1. The Kier molecular flexibility index (Phi) is 5.45. The number of ether oxygens (including phenoxy) is 1. The predicted octanol–water partition coefficient (Wildman–Crippen LogP) is 4.40. The number of aryl methyl sites for hydroxylation is 1. The molecule has 0 saturated carbocycles. The molecule has 0 saturated heterocycles. The smallest absolute Gasteiger partial charge is 0.146 e. The molecule has 1 N–H and O–H groups in total. The molecule has 2 aromatic rings. The Labute approximate surface area is 127 Å². The van der Waals surface area contributed by atoms with Crippen LogP contribution in [0, 0.1) is 6.92 Å². The minimum absolute atomic E-state index is 0.470. The van der Waals surface area contributed by atoms with Crippen LogP contribution in [0.1, 0.15) is 48.8 Å². The molecule has 1 aromatic heterocycles. The summed E-state index contributed by atoms with van der Waals surface area (Å²) in [5.74, 6) is 3.28. The van der Waals surface area contributed by atoms with E-state index in [1.165, 1.54) is 11.1 Å². The van der Waals surface area contributed by atoms with Crippen LogP contribution >= 0.6 is 0 Å². The van der Waals surface area contributed by atoms with Gasteiger partial charge in [-0.1, -0.05) is 32.0 Å². The van der Waals surface area contributed by atoms with Crippen molar-refractivity contribution in [3.05, 3.63) is 53.0 Å². The molecule has 0 spiro atoms. The molecule has 0 fully saturated rings. The number of benzene rings is 1. The van der Waals surface area contributed by atoms with E-state index in [1.54, 1.807) is 0 Å². The van der Waals surface area contributed by atoms with Crippen molar-refractivity contribution < 1.29 is 9.15 Å². The van der Waals surface area contributed by atoms with Crippen molar-refractivity contribution in [2.24, 2.45) is 0 Å². The first-order valence-electron chi connectivity index (χ1n) is 7.60. The van der Waals surface area contributed by atoms with E-state index in [0.29, 0.717) is 12.5 Å². The highest BCUT2D eigenvalue weighted by molar-refractivity contribution is 5.36. The summed E-state index contributed by atoms with van der Waals surface area (Å²) < 4.78 is 11.7. The topological polar surface area (TPSA) is 34.4 Å². The van der Waals surface area contributed by atoms with E-state index < -0.39 is 0 Å². The Balaban J connectivity index is 2.08. The molecule has 1 atom stereocenters. The molecule has 2 rings (SSSR count). The average molecular weight is 287 g/mol. The monoisotopic (exact) mass is 287 g/mol. The van der Waals surface area contributed by atoms with Gasteiger partial charge in [0.25, 0.3) is 0 Å². The van der Waals surface area contributed by atoms with Crippen LogP contribution in [0.3, 0.4) is 0 Å². The predicted molar refractivity (Wildman–Crippen MR) is 85.7 cm³/mol. The van der Waals surface area contributed by atoms with Crippen molar-refractivity contribution in [1.82, 2.24) is 5.32 Å². The molecule has 21 heavy (non-hydrogen) atoms. The van der Waals surface area contributed by atoms with Crippen molar-refractivity contribution in [1.29, 1.82) is 0 Å². The normalized spacial score (nSPS) is 12.4. The van der Waals surface area contributed by atoms with Gasteiger partial charge in [-0.25, -0.2) is 0 Å². The van der Waals surface area contributed by atoms with Crippen molar-refractivity contribution in [2.45, 2.75) is 46.3 Å². The maximum atomic E-state index is 5.98. The summed E-state index contributed by atoms with van der Waals surface area (Å²) in [6.45, 7) is 7.70. The zero-order valence-electron chi connectivity index (χ0n) is 13.4. The number of para-hydroxylation sites is 1. The summed E-state index contributed by atoms with van der Waals surface area (Å²) >= 11 is 0. The van der Waals surface area contributed by atoms with Crippen LogP contribution in [0.4, 0.5) is 0 Å². The van der Waals surface area contributed by atoms with Gasteiger partial charge in [0.05, 0.1) is 0 Å². The molecule has 0 aliphatic rings. The van der Waals surface area contributed by atoms with Crippen molar-refractivity contribution in [3.63, 3.8) is 0 Å². The number of rotatable bonds is 7. The van der Waals surface area contributed by atoms with E-state index in [2.05, 4.69) is 37.4 Å². The molecule has 0 bridgehead atoms. The van der Waals surface area contributed by atoms with Gasteiger partial charge in [-0.15, -0.1) is 0 Å². The Morgan fingerprint density at radius 3 is 2.76 bits per heavy atom. The molecular formula is C18H25NO2. The van der Waals surface area contributed by atoms with E-state index in [-0.39, 0.29) is 0 Å². The van der Waals surface area contributed by atoms with Crippen LogP contribution in [0.2, 0.25) is 0 Å². The second-order valence-electron chi connectivity index (χ2n) is 5.46. The summed E-state index contributed by atoms with van der Waals surface area (Å²) in [7, 11) is 1.94. The Hall–Kier alpha value is -1.74. The van der Waals surface area contributed by atoms with Crippen molar-refractivity contribution in [2.75, 3.05) is 7.05 Å². The van der Waals surface area contributed by atoms with Gasteiger partial charge >= 0.3 is 0 Å². The van der Waals surface area contributed by atoms with Gasteiger partial charge < -0.3 is 14.5 Å². The van der Waals surface area contributed by atoms with Crippen LogP contribution in [0.15, 0.2) is 34.7 Å². The zero-order valence-corrected chi connectivity index (χ0v) is 13.4. The van der Waals surface area contributed by atoms with Gasteiger partial charge in [0, 0.05) is 12.1 Å². The summed E-state index contributed by atoms with van der Waals surface area (Å²) in [5, 5.41) is 3.14. The molecule has 1 heterocycles. The maximum absolute atomic E-state index is 5.98. The van der Waals surface area contributed by atoms with Gasteiger partial charge in [0.15, 0.2) is 0 Å². The first-order valence-corrected chi connectivity index (χ1v) is 7.60. The molecule has 3 nitrogen and oxygen atoms in total. The summed E-state index contributed by atoms with van der Waals surface area (Å²) in [6.07, 6.45) is 1.10. The zero-order chi connectivity index (χ0) is 15.2. The van der Waals surface area contributed by atoms with E-state index in [9.17, 15) is 0 Å². The summed E-state index contributed by atoms with van der Waals surface area (Å²) in [4.78, 5) is 0. The quantitative estimate of drug-likeness (QED) is 0.819. The third-order valence-electron chi connectivity index (χ3n) is 3.87. The van der Waals surface area contributed by atoms with Crippen molar-refractivity contribution >= 4 is 0 Å². The van der Waals surface area contributed by atoms with Crippen LogP contribution in [-0.4, -0.2) is 7.05 Å². The van der Waals surface area contributed by atoms with Gasteiger partial charge in [-0.3, -0.25) is 0 Å². The lowest BCUT2D eigenvalue weighted by atomic mass is 9.98. The minimum Gasteiger partial charge on any atom is -0.485 e. The molecule has 1 aromatic carbocycles. The molecule has 3 heteroatoms. The molecule has 0 amide bonds. The third-order valence-corrected chi connectivity index (χ3v) is 3.87. The standard InChI is InChI=1S/C18H25NO2/c1-5-13(2)17-8-6-7-9-18(17)20-12-16-10-15(11-19-4)14(3)21-16/h6-10,13,19H,5,11-12H2,1-4H3. The van der Waals surface area contributed by atoms with Crippen LogP contribution in [-0.2, 0) is 13.2 Å². The SMILES string of the molecule is CCC(C)c1ccccc1OCc1cc(CNC)c(C)o1. The first-order chi connectivity index (χ1) is 10.2. The fourth-order valence-electron chi connectivity index (χ4n) is 2.41. The second kappa shape index (κ2) is 7.32. The van der Waals surface area contributed by atoms with Gasteiger partial charge in [-0.05, 0) is 44.0 Å². The number of hydrogen-bond acceptors (Lipinski definition) is 3. The van der Waals surface area contributed by atoms with Crippen molar-refractivity contribution in [3.8, 4) is 5.75 Å². The molecule has 1 unspecified atom stereocenters. The molecule has 0 aliphatic heterocycles. The fourth-order valence-corrected chi connectivity index (χ4v) is 2.41. The third kappa shape index (κ3) is 3.88. The highest BCUT2D eigenvalue weighted by atomic mass is 16.5. The van der Waals surface area contributed by atoms with E-state index in [1.807, 2.05) is 26.1 Å². The Morgan fingerprint density at radius 2 is 2.05 bits per heavy atom. The van der Waals surface area contributed by atoms with Crippen LogP contribution in [0.25, 0.3) is 0 Å². The lowest BCUT2D eigenvalue weighted by Gasteiger charge is -2.14. The Morgan fingerprint density at radius 1 is 1.29 bits per heavy atom. The highest BCUT2D eigenvalue weighted by Crippen LogP contribution is 2.29. The van der Waals surface area contributed by atoms with E-state index in [4.69, 9.17) is 9.15 Å². The lowest BCUT2D eigenvalue weighted by Crippen LogP contribution is -2.04. The van der Waals surface area contributed by atoms with Gasteiger partial charge in [-0.2, -0.15) is 0 Å². The molecular weight excluding hydrogens is 262 g/mol. The lowest BCUT2D eigenvalue weighted by molar-refractivity contribution is 0.264. The fraction of sp³-hybridized carbons (Fsp3) is 0.444. The molecule has 114 valence electrons.